The molecule has 0 aliphatic heterocycles. The Balaban J connectivity index is 1.90. The number of benzene rings is 1. The Morgan fingerprint density at radius 2 is 1.83 bits per heavy atom. The van der Waals surface area contributed by atoms with Crippen molar-refractivity contribution in [2.75, 3.05) is 0 Å². The van der Waals surface area contributed by atoms with Gasteiger partial charge in [-0.1, -0.05) is 30.3 Å². The van der Waals surface area contributed by atoms with E-state index in [9.17, 15) is 9.59 Å². The zero-order valence-corrected chi connectivity index (χ0v) is 15.0. The zero-order chi connectivity index (χ0) is 17.8. The number of alkyl carbamates (subject to hydrolysis) is 1. The molecule has 0 aromatic heterocycles. The van der Waals surface area contributed by atoms with Gasteiger partial charge in [0.2, 0.25) is 5.91 Å². The van der Waals surface area contributed by atoms with Crippen LogP contribution in [0.2, 0.25) is 0 Å². The normalized spacial score (nSPS) is 17.3. The highest BCUT2D eigenvalue weighted by atomic mass is 16.6. The van der Waals surface area contributed by atoms with E-state index in [0.717, 1.165) is 24.8 Å². The summed E-state index contributed by atoms with van der Waals surface area (Å²) in [4.78, 5) is 24.4. The molecule has 2 amide bonds. The SMILES string of the molecule is CC(NC(=O)CC1(NC(=O)OC(C)(C)C)CCC1)c1ccccc1. The van der Waals surface area contributed by atoms with Crippen LogP contribution in [0.25, 0.3) is 0 Å². The number of amides is 2. The van der Waals surface area contributed by atoms with Crippen molar-refractivity contribution in [1.82, 2.24) is 10.6 Å². The molecule has 2 N–H and O–H groups in total. The molecule has 5 nitrogen and oxygen atoms in total. The van der Waals surface area contributed by atoms with E-state index in [1.54, 1.807) is 0 Å². The van der Waals surface area contributed by atoms with Crippen molar-refractivity contribution in [3.8, 4) is 0 Å². The first kappa shape index (κ1) is 18.3. The first-order valence-corrected chi connectivity index (χ1v) is 8.55. The topological polar surface area (TPSA) is 67.4 Å². The van der Waals surface area contributed by atoms with E-state index in [0.29, 0.717) is 0 Å². The van der Waals surface area contributed by atoms with Crippen molar-refractivity contribution in [2.24, 2.45) is 0 Å². The Morgan fingerprint density at radius 3 is 2.33 bits per heavy atom. The number of carbonyl (C=O) groups excluding carboxylic acids is 2. The van der Waals surface area contributed by atoms with Crippen LogP contribution in [0.4, 0.5) is 4.79 Å². The minimum Gasteiger partial charge on any atom is -0.444 e. The lowest BCUT2D eigenvalue weighted by Crippen LogP contribution is -2.56. The van der Waals surface area contributed by atoms with Crippen LogP contribution >= 0.6 is 0 Å². The highest BCUT2D eigenvalue weighted by Crippen LogP contribution is 2.35. The van der Waals surface area contributed by atoms with Crippen molar-refractivity contribution >= 4 is 12.0 Å². The second kappa shape index (κ2) is 7.24. The first-order valence-electron chi connectivity index (χ1n) is 8.55. The van der Waals surface area contributed by atoms with Crippen LogP contribution in [0.15, 0.2) is 30.3 Å². The van der Waals surface area contributed by atoms with Crippen LogP contribution in [0.1, 0.15) is 65.0 Å². The second-order valence-electron chi connectivity index (χ2n) is 7.64. The minimum absolute atomic E-state index is 0.0536. The van der Waals surface area contributed by atoms with E-state index < -0.39 is 17.2 Å². The molecule has 132 valence electrons. The molecule has 1 saturated carbocycles. The third kappa shape index (κ3) is 5.25. The van der Waals surface area contributed by atoms with Gasteiger partial charge in [-0.25, -0.2) is 4.79 Å². The molecule has 1 atom stereocenters. The molecule has 0 bridgehead atoms. The van der Waals surface area contributed by atoms with Crippen LogP contribution in [0.3, 0.4) is 0 Å². The molecule has 0 heterocycles. The average molecular weight is 332 g/mol. The summed E-state index contributed by atoms with van der Waals surface area (Å²) in [6.45, 7) is 7.44. The van der Waals surface area contributed by atoms with Gasteiger partial charge in [-0.15, -0.1) is 0 Å². The number of ether oxygens (including phenoxy) is 1. The lowest BCUT2D eigenvalue weighted by atomic mass is 9.74. The van der Waals surface area contributed by atoms with Crippen molar-refractivity contribution in [3.05, 3.63) is 35.9 Å². The van der Waals surface area contributed by atoms with Crippen molar-refractivity contribution < 1.29 is 14.3 Å². The number of hydrogen-bond acceptors (Lipinski definition) is 3. The quantitative estimate of drug-likeness (QED) is 0.864. The largest absolute Gasteiger partial charge is 0.444 e. The van der Waals surface area contributed by atoms with E-state index in [1.807, 2.05) is 58.0 Å². The van der Waals surface area contributed by atoms with Crippen LogP contribution < -0.4 is 10.6 Å². The highest BCUT2D eigenvalue weighted by molar-refractivity contribution is 5.79. The molecular weight excluding hydrogens is 304 g/mol. The van der Waals surface area contributed by atoms with E-state index in [4.69, 9.17) is 4.74 Å². The Labute approximate surface area is 144 Å². The number of carbonyl (C=O) groups is 2. The summed E-state index contributed by atoms with van der Waals surface area (Å²) in [6.07, 6.45) is 2.45. The summed E-state index contributed by atoms with van der Waals surface area (Å²) in [5.41, 5.74) is 0.0516. The molecule has 2 rings (SSSR count). The Bertz CT molecular complexity index is 574. The van der Waals surface area contributed by atoms with Gasteiger partial charge in [0.1, 0.15) is 5.60 Å². The van der Waals surface area contributed by atoms with Crippen LogP contribution in [0, 0.1) is 0 Å². The maximum atomic E-state index is 12.4. The number of hydrogen-bond donors (Lipinski definition) is 2. The first-order chi connectivity index (χ1) is 11.2. The van der Waals surface area contributed by atoms with Gasteiger partial charge in [0.25, 0.3) is 0 Å². The molecular formula is C19H28N2O3. The monoisotopic (exact) mass is 332 g/mol. The summed E-state index contributed by atoms with van der Waals surface area (Å²) in [7, 11) is 0. The van der Waals surface area contributed by atoms with Gasteiger partial charge in [-0.05, 0) is 52.5 Å². The van der Waals surface area contributed by atoms with Gasteiger partial charge in [0, 0.05) is 6.42 Å². The third-order valence-electron chi connectivity index (χ3n) is 4.25. The third-order valence-corrected chi connectivity index (χ3v) is 4.25. The molecule has 24 heavy (non-hydrogen) atoms. The van der Waals surface area contributed by atoms with E-state index in [2.05, 4.69) is 10.6 Å². The van der Waals surface area contributed by atoms with Gasteiger partial charge >= 0.3 is 6.09 Å². The Kier molecular flexibility index (Phi) is 5.52. The molecule has 1 fully saturated rings. The molecule has 1 aromatic carbocycles. The van der Waals surface area contributed by atoms with Gasteiger partial charge in [0.15, 0.2) is 0 Å². The maximum Gasteiger partial charge on any atom is 0.408 e. The molecule has 1 unspecified atom stereocenters. The molecule has 0 saturated heterocycles. The molecule has 1 aromatic rings. The fourth-order valence-corrected chi connectivity index (χ4v) is 2.89. The second-order valence-corrected chi connectivity index (χ2v) is 7.64. The van der Waals surface area contributed by atoms with Crippen molar-refractivity contribution in [2.45, 2.75) is 70.6 Å². The molecule has 0 radical (unpaired) electrons. The van der Waals surface area contributed by atoms with Crippen LogP contribution in [-0.2, 0) is 9.53 Å². The minimum atomic E-state index is -0.543. The van der Waals surface area contributed by atoms with Gasteiger partial charge in [-0.3, -0.25) is 4.79 Å². The summed E-state index contributed by atoms with van der Waals surface area (Å²) in [5, 5.41) is 5.92. The van der Waals surface area contributed by atoms with Crippen LogP contribution in [-0.4, -0.2) is 23.1 Å². The average Bonchev–Trinajstić information content (AvgIpc) is 2.43. The molecule has 1 aliphatic rings. The van der Waals surface area contributed by atoms with Gasteiger partial charge in [-0.2, -0.15) is 0 Å². The summed E-state index contributed by atoms with van der Waals surface area (Å²) in [6, 6.07) is 9.78. The van der Waals surface area contributed by atoms with Crippen molar-refractivity contribution in [3.63, 3.8) is 0 Å². The van der Waals surface area contributed by atoms with E-state index in [-0.39, 0.29) is 18.4 Å². The fourth-order valence-electron chi connectivity index (χ4n) is 2.89. The molecule has 5 heteroatoms. The predicted molar refractivity (Wildman–Crippen MR) is 93.6 cm³/mol. The summed E-state index contributed by atoms with van der Waals surface area (Å²) < 4.78 is 5.32. The van der Waals surface area contributed by atoms with E-state index >= 15 is 0 Å². The maximum absolute atomic E-state index is 12.4. The predicted octanol–water partition coefficient (Wildman–Crippen LogP) is 3.70. The Morgan fingerprint density at radius 1 is 1.21 bits per heavy atom. The van der Waals surface area contributed by atoms with Gasteiger partial charge in [0.05, 0.1) is 11.6 Å². The molecule has 0 spiro atoms. The fraction of sp³-hybridized carbons (Fsp3) is 0.579. The lowest BCUT2D eigenvalue weighted by Gasteiger charge is -2.42. The number of rotatable bonds is 5. The Hall–Kier alpha value is -2.04. The van der Waals surface area contributed by atoms with E-state index in [1.165, 1.54) is 0 Å². The number of nitrogens with one attached hydrogen (secondary N) is 2. The summed E-state index contributed by atoms with van der Waals surface area (Å²) >= 11 is 0. The standard InChI is InChI=1S/C19H28N2O3/c1-14(15-9-6-5-7-10-15)20-16(22)13-19(11-8-12-19)21-17(23)24-18(2,3)4/h5-7,9-10,14H,8,11-13H2,1-4H3,(H,20,22)(H,21,23). The molecule has 1 aliphatic carbocycles. The van der Waals surface area contributed by atoms with Crippen LogP contribution in [0.5, 0.6) is 0 Å². The summed E-state index contributed by atoms with van der Waals surface area (Å²) in [5.74, 6) is -0.0536. The van der Waals surface area contributed by atoms with Crippen molar-refractivity contribution in [1.29, 1.82) is 0 Å². The zero-order valence-electron chi connectivity index (χ0n) is 15.0. The smallest absolute Gasteiger partial charge is 0.408 e. The lowest BCUT2D eigenvalue weighted by molar-refractivity contribution is -0.124. The van der Waals surface area contributed by atoms with Gasteiger partial charge < -0.3 is 15.4 Å². The highest BCUT2D eigenvalue weighted by Gasteiger charge is 2.41.